The average molecular weight is 263 g/mol. The van der Waals surface area contributed by atoms with Crippen LogP contribution in [0.3, 0.4) is 0 Å². The van der Waals surface area contributed by atoms with Gasteiger partial charge in [-0.15, -0.1) is 0 Å². The summed E-state index contributed by atoms with van der Waals surface area (Å²) in [5.41, 5.74) is 0.105. The second-order valence-electron chi connectivity index (χ2n) is 5.72. The summed E-state index contributed by atoms with van der Waals surface area (Å²) >= 11 is 0. The lowest BCUT2D eigenvalue weighted by Crippen LogP contribution is -2.42. The monoisotopic (exact) mass is 263 g/mol. The Morgan fingerprint density at radius 1 is 1.37 bits per heavy atom. The number of hydrogen-bond donors (Lipinski definition) is 0. The van der Waals surface area contributed by atoms with E-state index in [9.17, 15) is 9.18 Å². The highest BCUT2D eigenvalue weighted by molar-refractivity contribution is 5.79. The summed E-state index contributed by atoms with van der Waals surface area (Å²) in [6, 6.07) is 3.05. The summed E-state index contributed by atoms with van der Waals surface area (Å²) < 4.78 is 13.7. The van der Waals surface area contributed by atoms with Crippen molar-refractivity contribution in [2.24, 2.45) is 5.41 Å². The molecule has 102 valence electrons. The van der Waals surface area contributed by atoms with Crippen molar-refractivity contribution < 1.29 is 9.18 Å². The molecule has 1 aromatic rings. The number of rotatable bonds is 1. The van der Waals surface area contributed by atoms with Gasteiger partial charge in [-0.3, -0.25) is 4.79 Å². The molecule has 0 unspecified atom stereocenters. The number of amides is 1. The maximum absolute atomic E-state index is 13.7. The summed E-state index contributed by atoms with van der Waals surface area (Å²) in [6.45, 7) is 2.38. The largest absolute Gasteiger partial charge is 0.354 e. The molecule has 2 fully saturated rings. The van der Waals surface area contributed by atoms with E-state index in [4.69, 9.17) is 0 Å². The number of halogens is 1. The summed E-state index contributed by atoms with van der Waals surface area (Å²) in [4.78, 5) is 19.6. The topological polar surface area (TPSA) is 36.4 Å². The minimum absolute atomic E-state index is 0.105. The van der Waals surface area contributed by atoms with Crippen LogP contribution in [0.1, 0.15) is 19.3 Å². The van der Waals surface area contributed by atoms with Crippen LogP contribution in [-0.4, -0.2) is 42.5 Å². The maximum Gasteiger partial charge on any atom is 0.222 e. The molecule has 0 atom stereocenters. The van der Waals surface area contributed by atoms with Crippen LogP contribution in [-0.2, 0) is 4.79 Å². The van der Waals surface area contributed by atoms with Gasteiger partial charge in [-0.05, 0) is 25.0 Å². The molecule has 5 heteroatoms. The van der Waals surface area contributed by atoms with Crippen molar-refractivity contribution in [2.75, 3.05) is 31.6 Å². The van der Waals surface area contributed by atoms with Crippen LogP contribution < -0.4 is 4.90 Å². The second kappa shape index (κ2) is 4.47. The molecule has 4 nitrogen and oxygen atoms in total. The van der Waals surface area contributed by atoms with Crippen molar-refractivity contribution in [1.82, 2.24) is 9.88 Å². The minimum Gasteiger partial charge on any atom is -0.354 e. The highest BCUT2D eigenvalue weighted by atomic mass is 19.1. The molecule has 0 saturated carbocycles. The van der Waals surface area contributed by atoms with Gasteiger partial charge in [-0.25, -0.2) is 9.37 Å². The Morgan fingerprint density at radius 2 is 2.11 bits per heavy atom. The van der Waals surface area contributed by atoms with E-state index >= 15 is 0 Å². The number of hydrogen-bond acceptors (Lipinski definition) is 3. The highest BCUT2D eigenvalue weighted by Crippen LogP contribution is 2.41. The fourth-order valence-electron chi connectivity index (χ4n) is 3.24. The number of nitrogens with zero attached hydrogens (tertiary/aromatic N) is 3. The highest BCUT2D eigenvalue weighted by Gasteiger charge is 2.43. The van der Waals surface area contributed by atoms with E-state index in [0.29, 0.717) is 12.2 Å². The molecule has 0 aliphatic carbocycles. The molecular formula is C14H18FN3O. The van der Waals surface area contributed by atoms with Gasteiger partial charge in [-0.1, -0.05) is 0 Å². The number of likely N-dealkylation sites (tertiary alicyclic amines) is 1. The average Bonchev–Trinajstić information content (AvgIpc) is 2.67. The number of aromatic nitrogens is 1. The van der Waals surface area contributed by atoms with Crippen LogP contribution in [0.4, 0.5) is 10.2 Å². The number of carbonyl (C=O) groups excluding carboxylic acids is 1. The molecule has 0 radical (unpaired) electrons. The van der Waals surface area contributed by atoms with E-state index in [1.807, 2.05) is 16.8 Å². The first-order chi connectivity index (χ1) is 9.10. The normalized spacial score (nSPS) is 22.3. The van der Waals surface area contributed by atoms with Gasteiger partial charge >= 0.3 is 0 Å². The molecule has 3 heterocycles. The zero-order chi connectivity index (χ0) is 13.5. The Morgan fingerprint density at radius 3 is 2.68 bits per heavy atom. The van der Waals surface area contributed by atoms with Crippen LogP contribution >= 0.6 is 0 Å². The van der Waals surface area contributed by atoms with Crippen LogP contribution in [0.5, 0.6) is 0 Å². The number of pyridine rings is 1. The van der Waals surface area contributed by atoms with Gasteiger partial charge < -0.3 is 9.80 Å². The van der Waals surface area contributed by atoms with Crippen molar-refractivity contribution in [2.45, 2.75) is 19.3 Å². The van der Waals surface area contributed by atoms with Gasteiger partial charge in [0.1, 0.15) is 0 Å². The lowest BCUT2D eigenvalue weighted by Gasteiger charge is -2.39. The van der Waals surface area contributed by atoms with Crippen LogP contribution in [0.2, 0.25) is 0 Å². The van der Waals surface area contributed by atoms with Gasteiger partial charge in [0.2, 0.25) is 5.91 Å². The van der Waals surface area contributed by atoms with Crippen molar-refractivity contribution >= 4 is 11.7 Å². The van der Waals surface area contributed by atoms with Gasteiger partial charge in [0.05, 0.1) is 0 Å². The summed E-state index contributed by atoms with van der Waals surface area (Å²) in [5, 5.41) is 0. The molecule has 1 aromatic heterocycles. The molecular weight excluding hydrogens is 245 g/mol. The van der Waals surface area contributed by atoms with E-state index in [1.54, 1.807) is 12.3 Å². The molecule has 1 amide bonds. The number of piperidine rings is 1. The molecule has 1 spiro atoms. The van der Waals surface area contributed by atoms with Crippen LogP contribution in [0, 0.1) is 11.2 Å². The molecule has 3 rings (SSSR count). The molecule has 2 aliphatic rings. The van der Waals surface area contributed by atoms with Crippen molar-refractivity contribution in [1.29, 1.82) is 0 Å². The van der Waals surface area contributed by atoms with Gasteiger partial charge in [0.15, 0.2) is 11.6 Å². The molecule has 2 saturated heterocycles. The molecule has 19 heavy (non-hydrogen) atoms. The molecule has 0 aromatic carbocycles. The van der Waals surface area contributed by atoms with Crippen LogP contribution in [0.15, 0.2) is 18.3 Å². The van der Waals surface area contributed by atoms with Crippen molar-refractivity contribution in [3.8, 4) is 0 Å². The first-order valence-corrected chi connectivity index (χ1v) is 6.69. The van der Waals surface area contributed by atoms with Gasteiger partial charge in [0.25, 0.3) is 0 Å². The predicted molar refractivity (Wildman–Crippen MR) is 70.3 cm³/mol. The van der Waals surface area contributed by atoms with E-state index in [2.05, 4.69) is 4.98 Å². The van der Waals surface area contributed by atoms with Crippen molar-refractivity contribution in [3.05, 3.63) is 24.1 Å². The molecule has 2 aliphatic heterocycles. The van der Waals surface area contributed by atoms with E-state index < -0.39 is 0 Å². The summed E-state index contributed by atoms with van der Waals surface area (Å²) in [6.07, 6.45) is 4.12. The quantitative estimate of drug-likeness (QED) is 0.773. The standard InChI is InChI=1S/C14H18FN3O/c1-17-10-14(9-12(17)19)4-7-18(8-5-14)13-11(15)3-2-6-16-13/h2-3,6H,4-5,7-10H2,1H3. The van der Waals surface area contributed by atoms with Gasteiger partial charge in [-0.2, -0.15) is 0 Å². The number of anilines is 1. The second-order valence-corrected chi connectivity index (χ2v) is 5.72. The smallest absolute Gasteiger partial charge is 0.222 e. The molecule has 0 bridgehead atoms. The third-order valence-corrected chi connectivity index (χ3v) is 4.39. The Kier molecular flexibility index (Phi) is 2.92. The number of carbonyl (C=O) groups is 1. The zero-order valence-corrected chi connectivity index (χ0v) is 11.1. The summed E-state index contributed by atoms with van der Waals surface area (Å²) in [7, 11) is 1.86. The summed E-state index contributed by atoms with van der Waals surface area (Å²) in [5.74, 6) is 0.408. The Hall–Kier alpha value is -1.65. The predicted octanol–water partition coefficient (Wildman–Crippen LogP) is 1.67. The lowest BCUT2D eigenvalue weighted by molar-refractivity contribution is -0.126. The Labute approximate surface area is 112 Å². The first-order valence-electron chi connectivity index (χ1n) is 6.69. The van der Waals surface area contributed by atoms with Crippen LogP contribution in [0.25, 0.3) is 0 Å². The first kappa shape index (κ1) is 12.4. The zero-order valence-electron chi connectivity index (χ0n) is 11.1. The minimum atomic E-state index is -0.266. The lowest BCUT2D eigenvalue weighted by atomic mass is 9.77. The van der Waals surface area contributed by atoms with E-state index in [1.165, 1.54) is 6.07 Å². The van der Waals surface area contributed by atoms with Crippen molar-refractivity contribution in [3.63, 3.8) is 0 Å². The molecule has 0 N–H and O–H groups in total. The van der Waals surface area contributed by atoms with Gasteiger partial charge in [0, 0.05) is 44.7 Å². The fourth-order valence-corrected chi connectivity index (χ4v) is 3.24. The fraction of sp³-hybridized carbons (Fsp3) is 0.571. The van der Waals surface area contributed by atoms with E-state index in [0.717, 1.165) is 32.5 Å². The van der Waals surface area contributed by atoms with E-state index in [-0.39, 0.29) is 17.1 Å². The third kappa shape index (κ3) is 2.17. The third-order valence-electron chi connectivity index (χ3n) is 4.39. The Balaban J connectivity index is 1.71. The Bertz CT molecular complexity index is 497. The maximum atomic E-state index is 13.7. The SMILES string of the molecule is CN1CC2(CCN(c3ncccc3F)CC2)CC1=O.